The van der Waals surface area contributed by atoms with Crippen LogP contribution in [-0.4, -0.2) is 52.0 Å². The number of hydrogen-bond donors (Lipinski definition) is 0. The van der Waals surface area contributed by atoms with Crippen molar-refractivity contribution in [2.24, 2.45) is 5.41 Å². The molecule has 1 aliphatic carbocycles. The zero-order valence-electron chi connectivity index (χ0n) is 22.2. The lowest BCUT2D eigenvalue weighted by molar-refractivity contribution is 0.0509. The van der Waals surface area contributed by atoms with E-state index >= 15 is 0 Å². The first-order valence-corrected chi connectivity index (χ1v) is 18.7. The fourth-order valence-corrected chi connectivity index (χ4v) is 5.51. The molecule has 6 nitrogen and oxygen atoms in total. The van der Waals surface area contributed by atoms with Crippen LogP contribution in [-0.2, 0) is 33.5 Å². The zero-order chi connectivity index (χ0) is 24.4. The summed E-state index contributed by atoms with van der Waals surface area (Å²) < 4.78 is 19.8. The summed E-state index contributed by atoms with van der Waals surface area (Å²) >= 11 is 0. The van der Waals surface area contributed by atoms with Gasteiger partial charge in [0.15, 0.2) is 14.0 Å². The van der Waals surface area contributed by atoms with Gasteiger partial charge in [0.2, 0.25) is 0 Å². The minimum atomic E-state index is -1.83. The number of rotatable bonds is 10. The molecule has 1 aromatic heterocycles. The third-order valence-electron chi connectivity index (χ3n) is 7.01. The normalized spacial score (nSPS) is 19.7. The molecule has 1 unspecified atom stereocenters. The highest BCUT2D eigenvalue weighted by Crippen LogP contribution is 2.41. The number of nitrogens with zero attached hydrogens (tertiary/aromatic N) is 2. The maximum absolute atomic E-state index is 12.6. The van der Waals surface area contributed by atoms with Crippen LogP contribution in [0.5, 0.6) is 0 Å². The molecule has 32 heavy (non-hydrogen) atoms. The van der Waals surface area contributed by atoms with Crippen molar-refractivity contribution in [2.75, 3.05) is 19.8 Å². The summed E-state index contributed by atoms with van der Waals surface area (Å²) in [6.07, 6.45) is 2.62. The summed E-state index contributed by atoms with van der Waals surface area (Å²) in [7, 11) is -2.98. The SMILES string of the molecule is CCOC(=O)c1nn(COCC[Si](C)(C)C)c2c1CCC(C)(CO[Si](C)(C)C(C)(C)C)C2. The molecule has 0 saturated carbocycles. The van der Waals surface area contributed by atoms with Crippen molar-refractivity contribution < 1.29 is 18.7 Å². The van der Waals surface area contributed by atoms with Crippen LogP contribution in [0.1, 0.15) is 62.8 Å². The summed E-state index contributed by atoms with van der Waals surface area (Å²) in [5, 5.41) is 4.84. The van der Waals surface area contributed by atoms with Crippen LogP contribution in [0, 0.1) is 5.41 Å². The lowest BCUT2D eigenvalue weighted by Crippen LogP contribution is -2.44. The first-order chi connectivity index (χ1) is 14.6. The summed E-state index contributed by atoms with van der Waals surface area (Å²) in [5.41, 5.74) is 2.61. The number of ether oxygens (including phenoxy) is 2. The zero-order valence-corrected chi connectivity index (χ0v) is 24.2. The fraction of sp³-hybridized carbons (Fsp3) is 0.833. The molecule has 0 saturated heterocycles. The van der Waals surface area contributed by atoms with Gasteiger partial charge >= 0.3 is 5.97 Å². The van der Waals surface area contributed by atoms with Crippen LogP contribution >= 0.6 is 0 Å². The standard InChI is InChI=1S/C24H46N2O4Si2/c1-11-29-22(27)21-19-12-13-24(5,17-30-32(9,10)23(2,3)4)16-20(19)26(25-21)18-28-14-15-31(6,7)8/h11-18H2,1-10H3. The maximum atomic E-state index is 12.6. The minimum Gasteiger partial charge on any atom is -0.461 e. The molecule has 0 N–H and O–H groups in total. The van der Waals surface area contributed by atoms with Crippen LogP contribution in [0.25, 0.3) is 0 Å². The molecule has 0 bridgehead atoms. The second kappa shape index (κ2) is 10.1. The van der Waals surface area contributed by atoms with E-state index in [1.807, 2.05) is 11.6 Å². The summed E-state index contributed by atoms with van der Waals surface area (Å²) in [4.78, 5) is 12.6. The van der Waals surface area contributed by atoms with Gasteiger partial charge in [0.1, 0.15) is 6.73 Å². The van der Waals surface area contributed by atoms with E-state index in [0.29, 0.717) is 19.0 Å². The van der Waals surface area contributed by atoms with E-state index < -0.39 is 16.4 Å². The van der Waals surface area contributed by atoms with Gasteiger partial charge in [-0.15, -0.1) is 0 Å². The van der Waals surface area contributed by atoms with E-state index in [9.17, 15) is 4.79 Å². The lowest BCUT2D eigenvalue weighted by Gasteiger charge is -2.41. The van der Waals surface area contributed by atoms with E-state index in [1.165, 1.54) is 0 Å². The second-order valence-corrected chi connectivity index (χ2v) is 22.8. The first-order valence-electron chi connectivity index (χ1n) is 12.1. The molecule has 1 atom stereocenters. The van der Waals surface area contributed by atoms with Crippen molar-refractivity contribution in [3.63, 3.8) is 0 Å². The Morgan fingerprint density at radius 3 is 2.41 bits per heavy atom. The van der Waals surface area contributed by atoms with E-state index in [0.717, 1.165) is 49.8 Å². The number of esters is 1. The Bertz CT molecular complexity index is 793. The van der Waals surface area contributed by atoms with Gasteiger partial charge in [-0.05, 0) is 55.8 Å². The molecule has 0 aromatic carbocycles. The third-order valence-corrected chi connectivity index (χ3v) is 13.2. The molecule has 184 valence electrons. The van der Waals surface area contributed by atoms with Crippen molar-refractivity contribution in [2.45, 2.75) is 104 Å². The molecular formula is C24H46N2O4Si2. The smallest absolute Gasteiger partial charge is 0.359 e. The van der Waals surface area contributed by atoms with Gasteiger partial charge < -0.3 is 13.9 Å². The van der Waals surface area contributed by atoms with Gasteiger partial charge in [-0.1, -0.05) is 47.3 Å². The van der Waals surface area contributed by atoms with E-state index in [-0.39, 0.29) is 16.4 Å². The van der Waals surface area contributed by atoms with Gasteiger partial charge in [0, 0.05) is 32.5 Å². The monoisotopic (exact) mass is 482 g/mol. The average Bonchev–Trinajstić information content (AvgIpc) is 3.00. The van der Waals surface area contributed by atoms with Gasteiger partial charge in [-0.3, -0.25) is 0 Å². The highest BCUT2D eigenvalue weighted by molar-refractivity contribution is 6.76. The topological polar surface area (TPSA) is 62.6 Å². The third kappa shape index (κ3) is 7.01. The predicted molar refractivity (Wildman–Crippen MR) is 136 cm³/mol. The number of carbonyl (C=O) groups excluding carboxylic acids is 1. The van der Waals surface area contributed by atoms with Crippen molar-refractivity contribution in [3.05, 3.63) is 17.0 Å². The van der Waals surface area contributed by atoms with Gasteiger partial charge in [-0.25, -0.2) is 9.48 Å². The number of carbonyl (C=O) groups is 1. The Morgan fingerprint density at radius 2 is 1.84 bits per heavy atom. The Hall–Kier alpha value is -0.966. The van der Waals surface area contributed by atoms with Crippen molar-refractivity contribution in [1.82, 2.24) is 9.78 Å². The number of fused-ring (bicyclic) bond motifs is 1. The Balaban J connectivity index is 2.21. The molecule has 1 aliphatic rings. The number of aromatic nitrogens is 2. The van der Waals surface area contributed by atoms with Crippen molar-refractivity contribution in [1.29, 1.82) is 0 Å². The average molecular weight is 483 g/mol. The van der Waals surface area contributed by atoms with Crippen LogP contribution < -0.4 is 0 Å². The van der Waals surface area contributed by atoms with E-state index in [2.05, 4.69) is 65.5 Å². The Kier molecular flexibility index (Phi) is 8.62. The largest absolute Gasteiger partial charge is 0.461 e. The minimum absolute atomic E-state index is 0.0184. The molecule has 0 aliphatic heterocycles. The first kappa shape index (κ1) is 27.3. The van der Waals surface area contributed by atoms with Gasteiger partial charge in [0.05, 0.1) is 6.61 Å². The van der Waals surface area contributed by atoms with Crippen LogP contribution in [0.4, 0.5) is 0 Å². The molecular weight excluding hydrogens is 436 g/mol. The predicted octanol–water partition coefficient (Wildman–Crippen LogP) is 5.89. The Labute approximate surface area is 197 Å². The van der Waals surface area contributed by atoms with Crippen LogP contribution in [0.3, 0.4) is 0 Å². The van der Waals surface area contributed by atoms with Crippen LogP contribution in [0.15, 0.2) is 0 Å². The summed E-state index contributed by atoms with van der Waals surface area (Å²) in [6, 6.07) is 1.11. The molecule has 0 spiro atoms. The molecule has 8 heteroatoms. The molecule has 2 rings (SSSR count). The number of hydrogen-bond acceptors (Lipinski definition) is 5. The van der Waals surface area contributed by atoms with Crippen molar-refractivity contribution in [3.8, 4) is 0 Å². The fourth-order valence-electron chi connectivity index (χ4n) is 3.61. The molecule has 0 radical (unpaired) electrons. The van der Waals surface area contributed by atoms with Crippen molar-refractivity contribution >= 4 is 22.4 Å². The van der Waals surface area contributed by atoms with Gasteiger partial charge in [0.25, 0.3) is 0 Å². The molecule has 1 heterocycles. The summed E-state index contributed by atoms with van der Waals surface area (Å²) in [5.74, 6) is -0.328. The molecule has 0 amide bonds. The Morgan fingerprint density at radius 1 is 1.19 bits per heavy atom. The van der Waals surface area contributed by atoms with Gasteiger partial charge in [-0.2, -0.15) is 5.10 Å². The lowest BCUT2D eigenvalue weighted by atomic mass is 9.75. The highest BCUT2D eigenvalue weighted by Gasteiger charge is 2.41. The van der Waals surface area contributed by atoms with E-state index in [4.69, 9.17) is 13.9 Å². The van der Waals surface area contributed by atoms with E-state index in [1.54, 1.807) is 0 Å². The highest BCUT2D eigenvalue weighted by atomic mass is 28.4. The van der Waals surface area contributed by atoms with Crippen LogP contribution in [0.2, 0.25) is 43.8 Å². The molecule has 1 aromatic rings. The maximum Gasteiger partial charge on any atom is 0.359 e. The summed E-state index contributed by atoms with van der Waals surface area (Å²) in [6.45, 7) is 24.8. The quantitative estimate of drug-likeness (QED) is 0.236. The second-order valence-electron chi connectivity index (χ2n) is 12.4. The molecule has 0 fully saturated rings.